The number of H-pyrrole nitrogens is 1. The first-order valence-corrected chi connectivity index (χ1v) is 5.70. The Balaban J connectivity index is 2.23. The summed E-state index contributed by atoms with van der Waals surface area (Å²) in [5.74, 6) is 3.10. The van der Waals surface area contributed by atoms with Gasteiger partial charge in [-0.15, -0.1) is 0 Å². The van der Waals surface area contributed by atoms with E-state index in [-0.39, 0.29) is 14.0 Å². The van der Waals surface area contributed by atoms with Crippen LogP contribution in [0.5, 0.6) is 0 Å². The van der Waals surface area contributed by atoms with Gasteiger partial charge in [-0.3, -0.25) is 0 Å². The van der Waals surface area contributed by atoms with E-state index in [2.05, 4.69) is 25.7 Å². The van der Waals surface area contributed by atoms with Gasteiger partial charge in [-0.25, -0.2) is 0 Å². The fraction of sp³-hybridized carbons (Fsp3) is 0.333. The van der Waals surface area contributed by atoms with Crippen molar-refractivity contribution in [2.75, 3.05) is 5.73 Å². The SMILES string of the molecule is CC(Cc1nc(N)c2[nH]cnc2n1)OC#P=O. The number of fused-ring (bicyclic) bond motifs is 1. The van der Waals surface area contributed by atoms with Gasteiger partial charge in [0.1, 0.15) is 0 Å². The Bertz CT molecular complexity index is 635. The molecule has 0 aliphatic rings. The second-order valence-electron chi connectivity index (χ2n) is 3.44. The maximum absolute atomic E-state index is 10.2. The van der Waals surface area contributed by atoms with Crippen molar-refractivity contribution in [2.45, 2.75) is 19.4 Å². The normalized spacial score (nSPS) is 12.3. The van der Waals surface area contributed by atoms with Crippen molar-refractivity contribution in [3.63, 3.8) is 0 Å². The number of nitrogen functional groups attached to an aromatic ring is 1. The fourth-order valence-electron chi connectivity index (χ4n) is 1.40. The Morgan fingerprint density at radius 3 is 3.24 bits per heavy atom. The molecule has 7 nitrogen and oxygen atoms in total. The molecule has 0 radical (unpaired) electrons. The number of rotatable bonds is 3. The number of ether oxygens (including phenoxy) is 1. The van der Waals surface area contributed by atoms with Gasteiger partial charge < -0.3 is 0 Å². The molecule has 1 atom stereocenters. The van der Waals surface area contributed by atoms with Crippen molar-refractivity contribution < 1.29 is 9.30 Å². The van der Waals surface area contributed by atoms with Crippen LogP contribution in [0.25, 0.3) is 11.2 Å². The van der Waals surface area contributed by atoms with E-state index in [0.717, 1.165) is 0 Å². The average molecular weight is 251 g/mol. The van der Waals surface area contributed by atoms with Gasteiger partial charge in [0.05, 0.1) is 0 Å². The first-order chi connectivity index (χ1) is 8.20. The van der Waals surface area contributed by atoms with Gasteiger partial charge >= 0.3 is 97.3 Å². The van der Waals surface area contributed by atoms with E-state index in [1.807, 2.05) is 0 Å². The summed E-state index contributed by atoms with van der Waals surface area (Å²) in [5.41, 5.74) is 6.89. The van der Waals surface area contributed by atoms with Crippen LogP contribution < -0.4 is 5.73 Å². The molecule has 0 fully saturated rings. The van der Waals surface area contributed by atoms with Crippen LogP contribution in [-0.4, -0.2) is 26.0 Å². The number of hydrogen-bond acceptors (Lipinski definition) is 6. The Morgan fingerprint density at radius 2 is 2.47 bits per heavy atom. The standard InChI is InChI=1S/C9H10N5O2P/c1-5(16-4-17-15)2-6-13-8(10)7-9(14-6)12-3-11-7/h3,5H,2H2,1H3,(H3,10,11,12,13,14). The number of hydrogen-bond donors (Lipinski definition) is 2. The van der Waals surface area contributed by atoms with E-state index in [4.69, 9.17) is 10.5 Å². The van der Waals surface area contributed by atoms with Crippen molar-refractivity contribution in [1.82, 2.24) is 19.9 Å². The summed E-state index contributed by atoms with van der Waals surface area (Å²) in [6, 6.07) is 0. The molecule has 2 aromatic heterocycles. The molecule has 2 aromatic rings. The number of nitrogens with zero attached hydrogens (tertiary/aromatic N) is 3. The second-order valence-corrected chi connectivity index (χ2v) is 3.81. The first-order valence-electron chi connectivity index (χ1n) is 4.89. The van der Waals surface area contributed by atoms with E-state index < -0.39 is 0 Å². The third kappa shape index (κ3) is 2.71. The fourth-order valence-corrected chi connectivity index (χ4v) is 1.63. The first kappa shape index (κ1) is 11.8. The summed E-state index contributed by atoms with van der Waals surface area (Å²) in [6.45, 7) is 1.80. The van der Waals surface area contributed by atoms with Gasteiger partial charge in [0.25, 0.3) is 0 Å². The molecule has 0 saturated carbocycles. The molecule has 2 heterocycles. The van der Waals surface area contributed by atoms with Crippen LogP contribution in [0, 0.1) is 5.81 Å². The quantitative estimate of drug-likeness (QED) is 0.791. The van der Waals surface area contributed by atoms with Crippen LogP contribution in [0.4, 0.5) is 5.82 Å². The summed E-state index contributed by atoms with van der Waals surface area (Å²) in [7, 11) is -0.282. The Kier molecular flexibility index (Phi) is 3.54. The van der Waals surface area contributed by atoms with Crippen LogP contribution in [0.1, 0.15) is 12.7 Å². The van der Waals surface area contributed by atoms with Crippen LogP contribution in [-0.2, 0) is 15.7 Å². The maximum atomic E-state index is 10.2. The van der Waals surface area contributed by atoms with Crippen molar-refractivity contribution in [1.29, 1.82) is 0 Å². The minimum atomic E-state index is -0.282. The topological polar surface area (TPSA) is 107 Å². The monoisotopic (exact) mass is 251 g/mol. The van der Waals surface area contributed by atoms with Gasteiger partial charge in [-0.2, -0.15) is 0 Å². The molecular weight excluding hydrogens is 241 g/mol. The van der Waals surface area contributed by atoms with E-state index in [0.29, 0.717) is 29.2 Å². The van der Waals surface area contributed by atoms with Crippen molar-refractivity contribution >= 4 is 24.9 Å². The molecule has 88 valence electrons. The van der Waals surface area contributed by atoms with Gasteiger partial charge in [-0.1, -0.05) is 0 Å². The minimum absolute atomic E-state index is 0.229. The number of aromatic amines is 1. The van der Waals surface area contributed by atoms with Crippen LogP contribution in [0.2, 0.25) is 0 Å². The van der Waals surface area contributed by atoms with Crippen molar-refractivity contribution in [3.05, 3.63) is 12.2 Å². The molecule has 17 heavy (non-hydrogen) atoms. The molecule has 0 aliphatic heterocycles. The number of anilines is 1. The van der Waals surface area contributed by atoms with Gasteiger partial charge in [-0.05, 0) is 0 Å². The third-order valence-electron chi connectivity index (χ3n) is 2.12. The summed E-state index contributed by atoms with van der Waals surface area (Å²) in [4.78, 5) is 15.2. The number of nitrogens with one attached hydrogen (secondary N) is 1. The molecule has 0 aliphatic carbocycles. The van der Waals surface area contributed by atoms with E-state index in [1.54, 1.807) is 6.92 Å². The second kappa shape index (κ2) is 5.10. The van der Waals surface area contributed by atoms with Crippen LogP contribution in [0.3, 0.4) is 0 Å². The molecule has 0 spiro atoms. The third-order valence-corrected chi connectivity index (χ3v) is 2.30. The van der Waals surface area contributed by atoms with Gasteiger partial charge in [0, 0.05) is 0 Å². The number of nitrogens with two attached hydrogens (primary N) is 1. The van der Waals surface area contributed by atoms with Crippen LogP contribution >= 0.6 is 7.92 Å². The molecular formula is C9H10N5O2P. The van der Waals surface area contributed by atoms with Gasteiger partial charge in [0.15, 0.2) is 0 Å². The zero-order chi connectivity index (χ0) is 12.3. The zero-order valence-electron chi connectivity index (χ0n) is 9.04. The van der Waals surface area contributed by atoms with E-state index in [9.17, 15) is 4.57 Å². The molecule has 3 N–H and O–H groups in total. The molecule has 8 heteroatoms. The molecule has 0 aromatic carbocycles. The average Bonchev–Trinajstić information content (AvgIpc) is 2.75. The Morgan fingerprint density at radius 1 is 1.65 bits per heavy atom. The Hall–Kier alpha value is -1.68. The number of aromatic nitrogens is 4. The van der Waals surface area contributed by atoms with Crippen molar-refractivity contribution in [3.8, 4) is 5.81 Å². The summed E-state index contributed by atoms with van der Waals surface area (Å²) < 4.78 is 15.2. The Labute approximate surface area is 97.9 Å². The molecule has 0 amide bonds. The number of imidazole rings is 1. The molecule has 0 bridgehead atoms. The summed E-state index contributed by atoms with van der Waals surface area (Å²) >= 11 is 0. The van der Waals surface area contributed by atoms with E-state index >= 15 is 0 Å². The van der Waals surface area contributed by atoms with E-state index in [1.165, 1.54) is 6.33 Å². The molecule has 1 unspecified atom stereocenters. The predicted molar refractivity (Wildman–Crippen MR) is 61.8 cm³/mol. The van der Waals surface area contributed by atoms with Gasteiger partial charge in [0.2, 0.25) is 0 Å². The molecule has 2 rings (SSSR count). The summed E-state index contributed by atoms with van der Waals surface area (Å²) in [5, 5.41) is 0. The molecule has 0 saturated heterocycles. The zero-order valence-corrected chi connectivity index (χ0v) is 9.94. The summed E-state index contributed by atoms with van der Waals surface area (Å²) in [6.07, 6.45) is 1.72. The van der Waals surface area contributed by atoms with Crippen molar-refractivity contribution in [2.24, 2.45) is 0 Å². The van der Waals surface area contributed by atoms with Crippen LogP contribution in [0.15, 0.2) is 6.33 Å². The predicted octanol–water partition coefficient (Wildman–Crippen LogP) is 1.09.